The quantitative estimate of drug-likeness (QED) is 0.372. The van der Waals surface area contributed by atoms with Crippen molar-refractivity contribution in [2.75, 3.05) is 29.9 Å². The molecular weight excluding hydrogens is 582 g/mol. The van der Waals surface area contributed by atoms with Crippen molar-refractivity contribution in [3.05, 3.63) is 52.3 Å². The first-order valence-electron chi connectivity index (χ1n) is 15.5. The second-order valence-electron chi connectivity index (χ2n) is 13.2. The normalized spacial score (nSPS) is 20.6. The molecule has 3 aliphatic rings. The van der Waals surface area contributed by atoms with E-state index in [0.29, 0.717) is 35.0 Å². The maximum absolute atomic E-state index is 14.0. The molecule has 1 saturated carbocycles. The predicted octanol–water partition coefficient (Wildman–Crippen LogP) is 5.51. The number of benzene rings is 1. The lowest BCUT2D eigenvalue weighted by Gasteiger charge is -2.35. The van der Waals surface area contributed by atoms with E-state index in [1.807, 2.05) is 44.9 Å². The molecule has 2 aliphatic heterocycles. The van der Waals surface area contributed by atoms with Crippen molar-refractivity contribution in [3.8, 4) is 0 Å². The number of fused-ring (bicyclic) bond motifs is 1. The second-order valence-corrected chi connectivity index (χ2v) is 13.6. The molecule has 4 heterocycles. The maximum atomic E-state index is 14.0. The van der Waals surface area contributed by atoms with Gasteiger partial charge in [-0.25, -0.2) is 14.3 Å². The number of halogens is 1. The number of nitrogens with one attached hydrogen (secondary N) is 2. The zero-order valence-electron chi connectivity index (χ0n) is 25.7. The van der Waals surface area contributed by atoms with Gasteiger partial charge in [0.1, 0.15) is 11.4 Å². The molecule has 2 atom stereocenters. The number of piperidine rings is 1. The van der Waals surface area contributed by atoms with Crippen LogP contribution in [0.5, 0.6) is 0 Å². The molecule has 3 aromatic rings. The van der Waals surface area contributed by atoms with Crippen LogP contribution in [-0.2, 0) is 9.53 Å². The first kappa shape index (κ1) is 30.2. The molecule has 0 spiro atoms. The van der Waals surface area contributed by atoms with Gasteiger partial charge in [-0.3, -0.25) is 9.59 Å². The minimum atomic E-state index is -0.549. The number of likely N-dealkylation sites (tertiary alicyclic amines) is 1. The molecule has 44 heavy (non-hydrogen) atoms. The molecule has 0 radical (unpaired) electrons. The second kappa shape index (κ2) is 11.9. The highest BCUT2D eigenvalue weighted by Gasteiger charge is 2.34. The molecule has 6 rings (SSSR count). The topological polar surface area (TPSA) is 121 Å². The molecule has 2 N–H and O–H groups in total. The summed E-state index contributed by atoms with van der Waals surface area (Å²) in [5, 5.41) is 11.2. The van der Waals surface area contributed by atoms with Crippen molar-refractivity contribution < 1.29 is 19.1 Å². The minimum absolute atomic E-state index is 0.0165. The molecule has 234 valence electrons. The number of rotatable bonds is 6. The van der Waals surface area contributed by atoms with Gasteiger partial charge >= 0.3 is 6.09 Å². The van der Waals surface area contributed by atoms with Gasteiger partial charge in [0.25, 0.3) is 5.91 Å². The van der Waals surface area contributed by atoms with Gasteiger partial charge in [-0.1, -0.05) is 11.6 Å². The SMILES string of the molecule is Cc1cn2nc([C@@H]3CCCCN3C(=O)c3cc(Cl)ccc3NC(=O)C3CC3)cc2nc1N1CC[C@H](NC(=O)OC(C)(C)C)C1. The zero-order valence-corrected chi connectivity index (χ0v) is 26.5. The van der Waals surface area contributed by atoms with Gasteiger partial charge in [-0.05, 0) is 84.4 Å². The summed E-state index contributed by atoms with van der Waals surface area (Å²) >= 11 is 6.32. The highest BCUT2D eigenvalue weighted by molar-refractivity contribution is 6.31. The van der Waals surface area contributed by atoms with Gasteiger partial charge in [0.2, 0.25) is 5.91 Å². The van der Waals surface area contributed by atoms with Crippen molar-refractivity contribution >= 4 is 46.7 Å². The molecule has 1 aromatic carbocycles. The van der Waals surface area contributed by atoms with Gasteiger partial charge in [0, 0.05) is 48.4 Å². The summed E-state index contributed by atoms with van der Waals surface area (Å²) in [5.74, 6) is 0.636. The highest BCUT2D eigenvalue weighted by atomic mass is 35.5. The van der Waals surface area contributed by atoms with Crippen molar-refractivity contribution in [1.82, 2.24) is 24.8 Å². The maximum Gasteiger partial charge on any atom is 0.407 e. The minimum Gasteiger partial charge on any atom is -0.444 e. The van der Waals surface area contributed by atoms with Gasteiger partial charge in [-0.2, -0.15) is 5.10 Å². The van der Waals surface area contributed by atoms with Crippen LogP contribution >= 0.6 is 11.6 Å². The van der Waals surface area contributed by atoms with E-state index in [0.717, 1.165) is 62.1 Å². The van der Waals surface area contributed by atoms with Gasteiger partial charge in [0.15, 0.2) is 5.65 Å². The Balaban J connectivity index is 1.21. The van der Waals surface area contributed by atoms with Crippen molar-refractivity contribution in [2.45, 2.75) is 83.9 Å². The number of hydrogen-bond donors (Lipinski definition) is 2. The Hall–Kier alpha value is -3.86. The first-order chi connectivity index (χ1) is 20.9. The van der Waals surface area contributed by atoms with Gasteiger partial charge in [-0.15, -0.1) is 0 Å². The standard InChI is InChI=1S/C32H40ClN7O4/c1-19-17-40-27(36-28(19)38-14-12-22(18-38)34-31(43)44-32(2,3)4)16-25(37-40)26-7-5-6-13-39(26)30(42)23-15-21(33)10-11-24(23)35-29(41)20-8-9-20/h10-11,15-17,20,22,26H,5-9,12-14,18H2,1-4H3,(H,34,43)(H,35,41)/t22-,26-/m0/s1. The third-order valence-corrected chi connectivity index (χ3v) is 8.59. The molecule has 0 bridgehead atoms. The van der Waals surface area contributed by atoms with Gasteiger partial charge < -0.3 is 25.2 Å². The summed E-state index contributed by atoms with van der Waals surface area (Å²) < 4.78 is 7.20. The van der Waals surface area contributed by atoms with Crippen LogP contribution in [0.2, 0.25) is 5.02 Å². The van der Waals surface area contributed by atoms with Gasteiger partial charge in [0.05, 0.1) is 29.0 Å². The number of nitrogens with zero attached hydrogens (tertiary/aromatic N) is 5. The lowest BCUT2D eigenvalue weighted by molar-refractivity contribution is -0.117. The Bertz CT molecular complexity index is 1600. The Morgan fingerprint density at radius 3 is 2.59 bits per heavy atom. The fourth-order valence-electron chi connectivity index (χ4n) is 6.07. The molecule has 0 unspecified atom stereocenters. The summed E-state index contributed by atoms with van der Waals surface area (Å²) in [7, 11) is 0. The molecule has 2 saturated heterocycles. The van der Waals surface area contributed by atoms with Crippen LogP contribution in [0.3, 0.4) is 0 Å². The largest absolute Gasteiger partial charge is 0.444 e. The lowest BCUT2D eigenvalue weighted by Crippen LogP contribution is -2.40. The van der Waals surface area contributed by atoms with E-state index in [9.17, 15) is 14.4 Å². The zero-order chi connectivity index (χ0) is 31.2. The van der Waals surface area contributed by atoms with Crippen molar-refractivity contribution in [1.29, 1.82) is 0 Å². The number of aryl methyl sites for hydroxylation is 1. The van der Waals surface area contributed by atoms with Crippen LogP contribution < -0.4 is 15.5 Å². The number of hydrogen-bond acceptors (Lipinski definition) is 7. The van der Waals surface area contributed by atoms with E-state index in [4.69, 9.17) is 26.4 Å². The van der Waals surface area contributed by atoms with E-state index in [1.165, 1.54) is 0 Å². The molecule has 3 amide bonds. The summed E-state index contributed by atoms with van der Waals surface area (Å²) in [6, 6.07) is 6.73. The molecular formula is C32H40ClN7O4. The summed E-state index contributed by atoms with van der Waals surface area (Å²) in [6.07, 6.45) is 6.73. The number of alkyl carbamates (subject to hydrolysis) is 1. The Morgan fingerprint density at radius 1 is 1.05 bits per heavy atom. The summed E-state index contributed by atoms with van der Waals surface area (Å²) in [6.45, 7) is 9.53. The Kier molecular flexibility index (Phi) is 8.17. The molecule has 2 aromatic heterocycles. The number of amides is 3. The van der Waals surface area contributed by atoms with E-state index in [2.05, 4.69) is 15.5 Å². The highest BCUT2D eigenvalue weighted by Crippen LogP contribution is 2.35. The van der Waals surface area contributed by atoms with Crippen LogP contribution in [0.1, 0.15) is 87.0 Å². The number of anilines is 2. The summed E-state index contributed by atoms with van der Waals surface area (Å²) in [4.78, 5) is 47.9. The number of ether oxygens (including phenoxy) is 1. The average molecular weight is 622 g/mol. The monoisotopic (exact) mass is 621 g/mol. The number of carbonyl (C=O) groups excluding carboxylic acids is 3. The first-order valence-corrected chi connectivity index (χ1v) is 15.9. The fraction of sp³-hybridized carbons (Fsp3) is 0.531. The molecule has 11 nitrogen and oxygen atoms in total. The van der Waals surface area contributed by atoms with E-state index in [-0.39, 0.29) is 29.8 Å². The van der Waals surface area contributed by atoms with Crippen molar-refractivity contribution in [3.63, 3.8) is 0 Å². The molecule has 12 heteroatoms. The smallest absolute Gasteiger partial charge is 0.407 e. The van der Waals surface area contributed by atoms with Crippen LogP contribution in [0.4, 0.5) is 16.3 Å². The number of carbonyl (C=O) groups is 3. The fourth-order valence-corrected chi connectivity index (χ4v) is 6.24. The van der Waals surface area contributed by atoms with Crippen molar-refractivity contribution in [2.24, 2.45) is 5.92 Å². The van der Waals surface area contributed by atoms with Crippen LogP contribution in [0.25, 0.3) is 5.65 Å². The predicted molar refractivity (Wildman–Crippen MR) is 168 cm³/mol. The van der Waals surface area contributed by atoms with E-state index in [1.54, 1.807) is 22.7 Å². The lowest BCUT2D eigenvalue weighted by atomic mass is 9.98. The Labute approximate surface area is 262 Å². The van der Waals surface area contributed by atoms with Crippen LogP contribution in [-0.4, -0.2) is 68.7 Å². The van der Waals surface area contributed by atoms with E-state index < -0.39 is 11.7 Å². The number of aromatic nitrogens is 3. The average Bonchev–Trinajstić information content (AvgIpc) is 3.59. The third kappa shape index (κ3) is 6.62. The molecule has 1 aliphatic carbocycles. The van der Waals surface area contributed by atoms with Crippen LogP contribution in [0, 0.1) is 12.8 Å². The summed E-state index contributed by atoms with van der Waals surface area (Å²) in [5.41, 5.74) is 2.77. The van der Waals surface area contributed by atoms with E-state index >= 15 is 0 Å². The molecule has 3 fully saturated rings. The Morgan fingerprint density at radius 2 is 1.84 bits per heavy atom. The third-order valence-electron chi connectivity index (χ3n) is 8.36. The van der Waals surface area contributed by atoms with Crippen LogP contribution in [0.15, 0.2) is 30.5 Å².